The summed E-state index contributed by atoms with van der Waals surface area (Å²) < 4.78 is 0. The normalized spacial score (nSPS) is 10.5. The van der Waals surface area contributed by atoms with E-state index >= 15 is 0 Å². The Morgan fingerprint density at radius 1 is 1.04 bits per heavy atom. The highest BCUT2D eigenvalue weighted by Gasteiger charge is 2.13. The number of benzene rings is 1. The first-order chi connectivity index (χ1) is 11.3. The molecule has 0 unspecified atom stereocenters. The maximum atomic E-state index is 12.3. The smallest absolute Gasteiger partial charge is 0.274 e. The predicted molar refractivity (Wildman–Crippen MR) is 95.8 cm³/mol. The summed E-state index contributed by atoms with van der Waals surface area (Å²) in [6, 6.07) is 9.41. The molecular formula is C17H17Cl2N3O2. The molecule has 0 bridgehead atoms. The highest BCUT2D eigenvalue weighted by Crippen LogP contribution is 2.22. The number of aromatic nitrogens is 1. The van der Waals surface area contributed by atoms with Gasteiger partial charge in [0.1, 0.15) is 11.4 Å². The molecule has 2 amide bonds. The van der Waals surface area contributed by atoms with Crippen molar-refractivity contribution in [3.8, 4) is 0 Å². The maximum absolute atomic E-state index is 12.3. The number of hydrogen-bond acceptors (Lipinski definition) is 3. The highest BCUT2D eigenvalue weighted by molar-refractivity contribution is 6.35. The average Bonchev–Trinajstić information content (AvgIpc) is 2.51. The fourth-order valence-corrected chi connectivity index (χ4v) is 2.42. The van der Waals surface area contributed by atoms with Gasteiger partial charge in [0.2, 0.25) is 0 Å². The highest BCUT2D eigenvalue weighted by atomic mass is 35.5. The van der Waals surface area contributed by atoms with E-state index in [-0.39, 0.29) is 17.3 Å². The first kappa shape index (κ1) is 18.2. The van der Waals surface area contributed by atoms with Crippen LogP contribution in [0, 0.1) is 5.92 Å². The van der Waals surface area contributed by atoms with E-state index < -0.39 is 5.91 Å². The molecule has 2 aromatic rings. The van der Waals surface area contributed by atoms with Gasteiger partial charge in [0.05, 0.1) is 0 Å². The Morgan fingerprint density at radius 3 is 2.21 bits per heavy atom. The van der Waals surface area contributed by atoms with Gasteiger partial charge in [0, 0.05) is 22.3 Å². The Bertz CT molecular complexity index is 743. The maximum Gasteiger partial charge on any atom is 0.274 e. The second-order valence-corrected chi connectivity index (χ2v) is 6.50. The van der Waals surface area contributed by atoms with Gasteiger partial charge in [0.25, 0.3) is 11.8 Å². The Kier molecular flexibility index (Phi) is 6.17. The van der Waals surface area contributed by atoms with Crippen molar-refractivity contribution in [2.45, 2.75) is 13.8 Å². The quantitative estimate of drug-likeness (QED) is 0.840. The molecule has 1 aromatic heterocycles. The van der Waals surface area contributed by atoms with Crippen LogP contribution < -0.4 is 10.6 Å². The summed E-state index contributed by atoms with van der Waals surface area (Å²) in [5.41, 5.74) is 0.768. The number of carbonyl (C=O) groups excluding carboxylic acids is 2. The predicted octanol–water partition coefficient (Wildman–Crippen LogP) is 4.03. The van der Waals surface area contributed by atoms with Gasteiger partial charge in [-0.05, 0) is 36.2 Å². The summed E-state index contributed by atoms with van der Waals surface area (Å²) in [4.78, 5) is 28.4. The minimum absolute atomic E-state index is 0.128. The molecule has 0 aliphatic heterocycles. The number of rotatable bonds is 5. The second kappa shape index (κ2) is 8.13. The average molecular weight is 366 g/mol. The summed E-state index contributed by atoms with van der Waals surface area (Å²) in [5.74, 6) is -0.441. The van der Waals surface area contributed by atoms with Gasteiger partial charge in [-0.2, -0.15) is 0 Å². The van der Waals surface area contributed by atoms with Crippen LogP contribution in [0.15, 0.2) is 36.4 Å². The van der Waals surface area contributed by atoms with Crippen molar-refractivity contribution in [1.29, 1.82) is 0 Å². The van der Waals surface area contributed by atoms with Gasteiger partial charge in [-0.15, -0.1) is 0 Å². The summed E-state index contributed by atoms with van der Waals surface area (Å²) in [6.07, 6.45) is 0. The minimum atomic E-state index is -0.452. The van der Waals surface area contributed by atoms with E-state index in [0.717, 1.165) is 0 Å². The molecule has 0 spiro atoms. The SMILES string of the molecule is CC(C)CNC(=O)c1cccc(C(=O)Nc2cc(Cl)cc(Cl)c2)n1. The van der Waals surface area contributed by atoms with Crippen LogP contribution in [-0.4, -0.2) is 23.3 Å². The second-order valence-electron chi connectivity index (χ2n) is 5.62. The van der Waals surface area contributed by atoms with E-state index in [1.807, 2.05) is 13.8 Å². The summed E-state index contributed by atoms with van der Waals surface area (Å²) in [7, 11) is 0. The molecule has 7 heteroatoms. The number of halogens is 2. The third-order valence-electron chi connectivity index (χ3n) is 3.01. The molecule has 0 saturated heterocycles. The lowest BCUT2D eigenvalue weighted by Crippen LogP contribution is -2.28. The number of anilines is 1. The molecule has 0 radical (unpaired) electrons. The Morgan fingerprint density at radius 2 is 1.62 bits per heavy atom. The number of nitrogens with one attached hydrogen (secondary N) is 2. The first-order valence-electron chi connectivity index (χ1n) is 7.38. The summed E-state index contributed by atoms with van der Waals surface area (Å²) in [6.45, 7) is 4.53. The molecule has 2 rings (SSSR count). The molecule has 24 heavy (non-hydrogen) atoms. The van der Waals surface area contributed by atoms with Crippen molar-refractivity contribution >= 4 is 40.7 Å². The molecule has 0 fully saturated rings. The number of hydrogen-bond donors (Lipinski definition) is 2. The Labute approximate surface area is 150 Å². The van der Waals surface area contributed by atoms with Gasteiger partial charge in [-0.1, -0.05) is 43.1 Å². The minimum Gasteiger partial charge on any atom is -0.350 e. The van der Waals surface area contributed by atoms with E-state index in [0.29, 0.717) is 28.2 Å². The molecule has 5 nitrogen and oxygen atoms in total. The molecule has 126 valence electrons. The van der Waals surface area contributed by atoms with Gasteiger partial charge in [-0.3, -0.25) is 9.59 Å². The zero-order valence-electron chi connectivity index (χ0n) is 13.3. The lowest BCUT2D eigenvalue weighted by atomic mass is 10.2. The number of pyridine rings is 1. The molecule has 1 aromatic carbocycles. The van der Waals surface area contributed by atoms with Gasteiger partial charge in [0.15, 0.2) is 0 Å². The van der Waals surface area contributed by atoms with Crippen LogP contribution in [0.25, 0.3) is 0 Å². The molecule has 2 N–H and O–H groups in total. The third kappa shape index (κ3) is 5.22. The van der Waals surface area contributed by atoms with Crippen LogP contribution in [0.3, 0.4) is 0 Å². The van der Waals surface area contributed by atoms with Crippen molar-refractivity contribution in [1.82, 2.24) is 10.3 Å². The lowest BCUT2D eigenvalue weighted by Gasteiger charge is -2.09. The van der Waals surface area contributed by atoms with Crippen molar-refractivity contribution in [3.05, 3.63) is 57.8 Å². The van der Waals surface area contributed by atoms with E-state index in [4.69, 9.17) is 23.2 Å². The molecule has 0 aliphatic carbocycles. The molecule has 1 heterocycles. The molecule has 0 aliphatic rings. The fraction of sp³-hybridized carbons (Fsp3) is 0.235. The Hall–Kier alpha value is -2.11. The molecule has 0 atom stereocenters. The van der Waals surface area contributed by atoms with Crippen LogP contribution in [0.4, 0.5) is 5.69 Å². The van der Waals surface area contributed by atoms with E-state index in [2.05, 4.69) is 15.6 Å². The molecular weight excluding hydrogens is 349 g/mol. The van der Waals surface area contributed by atoms with Crippen molar-refractivity contribution < 1.29 is 9.59 Å². The molecule has 0 saturated carbocycles. The number of nitrogens with zero attached hydrogens (tertiary/aromatic N) is 1. The van der Waals surface area contributed by atoms with E-state index in [1.165, 1.54) is 6.07 Å². The van der Waals surface area contributed by atoms with Gasteiger partial charge < -0.3 is 10.6 Å². The number of carbonyl (C=O) groups is 2. The first-order valence-corrected chi connectivity index (χ1v) is 8.13. The van der Waals surface area contributed by atoms with Crippen LogP contribution in [0.5, 0.6) is 0 Å². The fourth-order valence-electron chi connectivity index (χ4n) is 1.90. The largest absolute Gasteiger partial charge is 0.350 e. The van der Waals surface area contributed by atoms with Crippen molar-refractivity contribution in [2.75, 3.05) is 11.9 Å². The third-order valence-corrected chi connectivity index (χ3v) is 3.44. The zero-order chi connectivity index (χ0) is 17.7. The van der Waals surface area contributed by atoms with Crippen LogP contribution >= 0.6 is 23.2 Å². The summed E-state index contributed by atoms with van der Waals surface area (Å²) in [5, 5.41) is 6.23. The standard InChI is InChI=1S/C17H17Cl2N3O2/c1-10(2)9-20-16(23)14-4-3-5-15(22-14)17(24)21-13-7-11(18)6-12(19)8-13/h3-8,10H,9H2,1-2H3,(H,20,23)(H,21,24). The van der Waals surface area contributed by atoms with Crippen LogP contribution in [-0.2, 0) is 0 Å². The Balaban J connectivity index is 2.12. The zero-order valence-corrected chi connectivity index (χ0v) is 14.8. The van der Waals surface area contributed by atoms with E-state index in [9.17, 15) is 9.59 Å². The topological polar surface area (TPSA) is 71.1 Å². The lowest BCUT2D eigenvalue weighted by molar-refractivity contribution is 0.0944. The van der Waals surface area contributed by atoms with Crippen molar-refractivity contribution in [3.63, 3.8) is 0 Å². The number of amides is 2. The van der Waals surface area contributed by atoms with E-state index in [1.54, 1.807) is 30.3 Å². The van der Waals surface area contributed by atoms with Gasteiger partial charge in [-0.25, -0.2) is 4.98 Å². The monoisotopic (exact) mass is 365 g/mol. The van der Waals surface area contributed by atoms with Crippen LogP contribution in [0.2, 0.25) is 10.0 Å². The van der Waals surface area contributed by atoms with Gasteiger partial charge >= 0.3 is 0 Å². The summed E-state index contributed by atoms with van der Waals surface area (Å²) >= 11 is 11.8. The van der Waals surface area contributed by atoms with Crippen LogP contribution in [0.1, 0.15) is 34.8 Å². The van der Waals surface area contributed by atoms with Crippen molar-refractivity contribution in [2.24, 2.45) is 5.92 Å².